The van der Waals surface area contributed by atoms with E-state index in [1.807, 2.05) is 0 Å². The fraction of sp³-hybridized carbons (Fsp3) is 0. The number of carboxylic acids is 1. The van der Waals surface area contributed by atoms with Gasteiger partial charge in [-0.25, -0.2) is 4.79 Å². The van der Waals surface area contributed by atoms with Crippen LogP contribution in [0, 0.1) is 0 Å². The number of hydrogen-bond acceptors (Lipinski definition) is 3. The fourth-order valence-electron chi connectivity index (χ4n) is 0.686. The van der Waals surface area contributed by atoms with Gasteiger partial charge in [-0.15, -0.1) is 0 Å². The van der Waals surface area contributed by atoms with E-state index in [4.69, 9.17) is 5.11 Å². The summed E-state index contributed by atoms with van der Waals surface area (Å²) in [4.78, 5) is 21.1. The first kappa shape index (κ1) is 8.26. The average molecular weight is 166 g/mol. The van der Waals surface area contributed by atoms with E-state index in [1.54, 1.807) is 0 Å². The summed E-state index contributed by atoms with van der Waals surface area (Å²) in [5.74, 6) is -1.89. The first-order valence-corrected chi connectivity index (χ1v) is 3.15. The summed E-state index contributed by atoms with van der Waals surface area (Å²) in [7, 11) is 0. The minimum atomic E-state index is -1.20. The summed E-state index contributed by atoms with van der Waals surface area (Å²) in [6, 6.07) is 2.52. The Morgan fingerprint density at radius 2 is 2.00 bits per heavy atom. The van der Waals surface area contributed by atoms with Gasteiger partial charge in [-0.2, -0.15) is 0 Å². The summed E-state index contributed by atoms with van der Waals surface area (Å²) < 4.78 is 4.68. The Morgan fingerprint density at radius 3 is 2.42 bits per heavy atom. The molecule has 0 atom stereocenters. The third-order valence-corrected chi connectivity index (χ3v) is 1.25. The van der Waals surface area contributed by atoms with Crippen molar-refractivity contribution in [3.8, 4) is 0 Å². The Kier molecular flexibility index (Phi) is 2.09. The molecule has 4 nitrogen and oxygen atoms in total. The molecule has 62 valence electrons. The number of rotatable bonds is 3. The molecule has 1 heterocycles. The molecule has 0 aliphatic carbocycles. The predicted molar refractivity (Wildman–Crippen MR) is 40.2 cm³/mol. The lowest BCUT2D eigenvalue weighted by Crippen LogP contribution is -1.93. The van der Waals surface area contributed by atoms with Crippen molar-refractivity contribution >= 4 is 11.8 Å². The maximum absolute atomic E-state index is 10.8. The summed E-state index contributed by atoms with van der Waals surface area (Å²) in [5.41, 5.74) is 0. The van der Waals surface area contributed by atoms with Gasteiger partial charge in [-0.3, -0.25) is 4.79 Å². The maximum atomic E-state index is 10.8. The molecule has 4 heteroatoms. The molecule has 0 aliphatic rings. The summed E-state index contributed by atoms with van der Waals surface area (Å²) in [6.45, 7) is 3.23. The second-order valence-corrected chi connectivity index (χ2v) is 2.04. The van der Waals surface area contributed by atoms with Crippen LogP contribution in [0.3, 0.4) is 0 Å². The van der Waals surface area contributed by atoms with Gasteiger partial charge in [-0.05, 0) is 18.2 Å². The summed E-state index contributed by atoms with van der Waals surface area (Å²) in [6.07, 6.45) is 1.06. The van der Waals surface area contributed by atoms with E-state index in [0.29, 0.717) is 0 Å². The maximum Gasteiger partial charge on any atom is 0.371 e. The van der Waals surface area contributed by atoms with E-state index < -0.39 is 11.8 Å². The van der Waals surface area contributed by atoms with Crippen LogP contribution in [0.2, 0.25) is 0 Å². The van der Waals surface area contributed by atoms with Crippen molar-refractivity contribution in [2.45, 2.75) is 0 Å². The Bertz CT molecular complexity index is 335. The largest absolute Gasteiger partial charge is 0.475 e. The molecule has 1 N–H and O–H groups in total. The number of allylic oxidation sites excluding steroid dienone is 1. The molecule has 1 aromatic rings. The van der Waals surface area contributed by atoms with E-state index in [-0.39, 0.29) is 11.5 Å². The number of hydrogen-bond donors (Lipinski definition) is 1. The zero-order valence-electron chi connectivity index (χ0n) is 6.11. The molecule has 0 unspecified atom stereocenters. The number of carbonyl (C=O) groups is 2. The van der Waals surface area contributed by atoms with E-state index in [1.165, 1.54) is 12.1 Å². The Balaban J connectivity index is 2.99. The van der Waals surface area contributed by atoms with Gasteiger partial charge in [-0.1, -0.05) is 6.58 Å². The van der Waals surface area contributed by atoms with Crippen molar-refractivity contribution in [2.75, 3.05) is 0 Å². The van der Waals surface area contributed by atoms with Crippen molar-refractivity contribution in [1.29, 1.82) is 0 Å². The van der Waals surface area contributed by atoms with E-state index in [2.05, 4.69) is 11.0 Å². The lowest BCUT2D eigenvalue weighted by atomic mass is 10.3. The quantitative estimate of drug-likeness (QED) is 0.543. The third kappa shape index (κ3) is 1.42. The van der Waals surface area contributed by atoms with Crippen LogP contribution in [-0.2, 0) is 0 Å². The number of furan rings is 1. The molecule has 1 rings (SSSR count). The number of aromatic carboxylic acids is 1. The second-order valence-electron chi connectivity index (χ2n) is 2.04. The molecule has 0 saturated carbocycles. The van der Waals surface area contributed by atoms with Crippen molar-refractivity contribution in [3.05, 3.63) is 36.3 Å². The Morgan fingerprint density at radius 1 is 1.42 bits per heavy atom. The first-order chi connectivity index (χ1) is 5.65. The van der Waals surface area contributed by atoms with Crippen molar-refractivity contribution in [3.63, 3.8) is 0 Å². The highest BCUT2D eigenvalue weighted by atomic mass is 16.4. The van der Waals surface area contributed by atoms with Gasteiger partial charge in [0.05, 0.1) is 0 Å². The molecule has 0 aromatic carbocycles. The van der Waals surface area contributed by atoms with Gasteiger partial charge in [0.25, 0.3) is 0 Å². The topological polar surface area (TPSA) is 67.5 Å². The monoisotopic (exact) mass is 166 g/mol. The molecular formula is C8H6O4. The van der Waals surface area contributed by atoms with Gasteiger partial charge < -0.3 is 9.52 Å². The van der Waals surface area contributed by atoms with Crippen molar-refractivity contribution < 1.29 is 19.1 Å². The molecule has 0 radical (unpaired) electrons. The molecule has 12 heavy (non-hydrogen) atoms. The normalized spacial score (nSPS) is 9.33. The molecule has 0 spiro atoms. The van der Waals surface area contributed by atoms with Gasteiger partial charge in [0, 0.05) is 0 Å². The fourth-order valence-corrected chi connectivity index (χ4v) is 0.686. The van der Waals surface area contributed by atoms with Gasteiger partial charge in [0.15, 0.2) is 5.76 Å². The van der Waals surface area contributed by atoms with Crippen LogP contribution in [0.5, 0.6) is 0 Å². The van der Waals surface area contributed by atoms with Gasteiger partial charge in [0.1, 0.15) is 0 Å². The molecule has 1 aromatic heterocycles. The highest BCUT2D eigenvalue weighted by Crippen LogP contribution is 2.08. The van der Waals surface area contributed by atoms with Crippen LogP contribution in [0.4, 0.5) is 0 Å². The van der Waals surface area contributed by atoms with Gasteiger partial charge in [0.2, 0.25) is 11.5 Å². The molecule has 0 bridgehead atoms. The SMILES string of the molecule is C=CC(=O)c1ccc(C(=O)O)o1. The lowest BCUT2D eigenvalue weighted by Gasteiger charge is -1.86. The van der Waals surface area contributed by atoms with E-state index in [0.717, 1.165) is 6.08 Å². The van der Waals surface area contributed by atoms with Crippen LogP contribution in [0.15, 0.2) is 29.2 Å². The summed E-state index contributed by atoms with van der Waals surface area (Å²) >= 11 is 0. The van der Waals surface area contributed by atoms with E-state index >= 15 is 0 Å². The zero-order chi connectivity index (χ0) is 9.14. The minimum absolute atomic E-state index is 0.0117. The van der Waals surface area contributed by atoms with Crippen LogP contribution >= 0.6 is 0 Å². The van der Waals surface area contributed by atoms with Crippen molar-refractivity contribution in [2.24, 2.45) is 0 Å². The van der Waals surface area contributed by atoms with Crippen LogP contribution in [0.25, 0.3) is 0 Å². The van der Waals surface area contributed by atoms with Crippen LogP contribution < -0.4 is 0 Å². The molecule has 0 fully saturated rings. The molecular weight excluding hydrogens is 160 g/mol. The van der Waals surface area contributed by atoms with Gasteiger partial charge >= 0.3 is 5.97 Å². The number of carboxylic acid groups (broad SMARTS) is 1. The van der Waals surface area contributed by atoms with Crippen LogP contribution in [-0.4, -0.2) is 16.9 Å². The van der Waals surface area contributed by atoms with Crippen LogP contribution in [0.1, 0.15) is 21.1 Å². The molecule has 0 amide bonds. The highest BCUT2D eigenvalue weighted by molar-refractivity contribution is 6.02. The highest BCUT2D eigenvalue weighted by Gasteiger charge is 2.11. The number of ketones is 1. The minimum Gasteiger partial charge on any atom is -0.475 e. The summed E-state index contributed by atoms with van der Waals surface area (Å²) in [5, 5.41) is 8.42. The second kappa shape index (κ2) is 3.04. The first-order valence-electron chi connectivity index (χ1n) is 3.15. The molecule has 0 saturated heterocycles. The van der Waals surface area contributed by atoms with E-state index in [9.17, 15) is 9.59 Å². The Hall–Kier alpha value is -1.84. The lowest BCUT2D eigenvalue weighted by molar-refractivity contribution is 0.0660. The number of carbonyl (C=O) groups excluding carboxylic acids is 1. The predicted octanol–water partition coefficient (Wildman–Crippen LogP) is 1.35. The molecule has 0 aliphatic heterocycles. The smallest absolute Gasteiger partial charge is 0.371 e. The Labute approximate surface area is 68.1 Å². The average Bonchev–Trinajstić information content (AvgIpc) is 2.51. The zero-order valence-corrected chi connectivity index (χ0v) is 6.11. The third-order valence-electron chi connectivity index (χ3n) is 1.25. The van der Waals surface area contributed by atoms with Crippen molar-refractivity contribution in [1.82, 2.24) is 0 Å². The standard InChI is InChI=1S/C8H6O4/c1-2-5(9)6-3-4-7(12-6)8(10)11/h2-4H,1H2,(H,10,11).